The summed E-state index contributed by atoms with van der Waals surface area (Å²) in [5.74, 6) is -0.352. The van der Waals surface area contributed by atoms with Gasteiger partial charge in [0.2, 0.25) is 5.91 Å². The molecule has 0 aromatic heterocycles. The molecule has 27 heavy (non-hydrogen) atoms. The first-order chi connectivity index (χ1) is 12.7. The van der Waals surface area contributed by atoms with E-state index in [9.17, 15) is 22.4 Å². The number of halogens is 4. The van der Waals surface area contributed by atoms with Crippen molar-refractivity contribution in [3.63, 3.8) is 0 Å². The fraction of sp³-hybridized carbons (Fsp3) is 0.222. The molecule has 0 aliphatic rings. The van der Waals surface area contributed by atoms with E-state index in [1.54, 1.807) is 12.1 Å². The van der Waals surface area contributed by atoms with Crippen LogP contribution in [-0.2, 0) is 11.0 Å². The number of benzene rings is 2. The molecule has 0 saturated heterocycles. The number of alkyl halides is 3. The van der Waals surface area contributed by atoms with Gasteiger partial charge in [-0.25, -0.2) is 4.39 Å². The largest absolute Gasteiger partial charge is 0.494 e. The van der Waals surface area contributed by atoms with Gasteiger partial charge < -0.3 is 15.2 Å². The minimum absolute atomic E-state index is 0.129. The number of carbonyl (C=O) groups is 1. The van der Waals surface area contributed by atoms with Crippen molar-refractivity contribution in [1.29, 1.82) is 5.26 Å². The maximum atomic E-state index is 12.5. The first-order valence-corrected chi connectivity index (χ1v) is 7.61. The van der Waals surface area contributed by atoms with Crippen LogP contribution < -0.4 is 10.1 Å². The van der Waals surface area contributed by atoms with Crippen LogP contribution in [0.5, 0.6) is 5.75 Å². The number of aliphatic hydroxyl groups excluding tert-OH is 1. The number of amides is 1. The standard InChI is InChI=1S/C10H7F3N2O2.C8H9FO/c11-10(12,13)8-3-7(15-9(17)5-16)2-1-6(8)4-14;1-2-10-8-5-3-7(9)4-6-8/h1-3,16H,5H2,(H,15,17);3-6H,2H2,1H3. The Bertz CT molecular complexity index is 800. The van der Waals surface area contributed by atoms with Gasteiger partial charge in [0.15, 0.2) is 0 Å². The van der Waals surface area contributed by atoms with Gasteiger partial charge >= 0.3 is 6.18 Å². The highest BCUT2D eigenvalue weighted by atomic mass is 19.4. The first-order valence-electron chi connectivity index (χ1n) is 7.61. The van der Waals surface area contributed by atoms with Crippen molar-refractivity contribution in [1.82, 2.24) is 0 Å². The third kappa shape index (κ3) is 7.33. The van der Waals surface area contributed by atoms with Crippen LogP contribution in [0.15, 0.2) is 42.5 Å². The van der Waals surface area contributed by atoms with E-state index in [4.69, 9.17) is 15.1 Å². The first kappa shape index (κ1) is 21.9. The van der Waals surface area contributed by atoms with Crippen molar-refractivity contribution in [2.75, 3.05) is 18.5 Å². The summed E-state index contributed by atoms with van der Waals surface area (Å²) in [6.07, 6.45) is -4.68. The number of aliphatic hydroxyl groups is 1. The lowest BCUT2D eigenvalue weighted by molar-refractivity contribution is -0.137. The monoisotopic (exact) mass is 384 g/mol. The van der Waals surface area contributed by atoms with Crippen LogP contribution in [0.1, 0.15) is 18.1 Å². The average molecular weight is 384 g/mol. The fourth-order valence-electron chi connectivity index (χ4n) is 1.85. The molecule has 0 spiro atoms. The van der Waals surface area contributed by atoms with E-state index in [2.05, 4.69) is 5.32 Å². The quantitative estimate of drug-likeness (QED) is 0.787. The van der Waals surface area contributed by atoms with Crippen molar-refractivity contribution in [3.8, 4) is 11.8 Å². The van der Waals surface area contributed by atoms with E-state index < -0.39 is 29.8 Å². The zero-order valence-electron chi connectivity index (χ0n) is 14.2. The molecule has 0 heterocycles. The molecule has 2 rings (SSSR count). The Kier molecular flexibility index (Phi) is 8.23. The van der Waals surface area contributed by atoms with Crippen molar-refractivity contribution < 1.29 is 32.2 Å². The highest BCUT2D eigenvalue weighted by Crippen LogP contribution is 2.33. The zero-order chi connectivity index (χ0) is 20.4. The molecule has 144 valence electrons. The molecule has 0 atom stereocenters. The fourth-order valence-corrected chi connectivity index (χ4v) is 1.85. The van der Waals surface area contributed by atoms with Crippen LogP contribution >= 0.6 is 0 Å². The molecule has 0 radical (unpaired) electrons. The number of anilines is 1. The summed E-state index contributed by atoms with van der Waals surface area (Å²) in [4.78, 5) is 10.8. The lowest BCUT2D eigenvalue weighted by Crippen LogP contribution is -2.16. The van der Waals surface area contributed by atoms with Gasteiger partial charge in [-0.3, -0.25) is 4.79 Å². The van der Waals surface area contributed by atoms with E-state index in [1.165, 1.54) is 18.2 Å². The van der Waals surface area contributed by atoms with Crippen molar-refractivity contribution in [2.45, 2.75) is 13.1 Å². The van der Waals surface area contributed by atoms with Crippen LogP contribution in [-0.4, -0.2) is 24.2 Å². The van der Waals surface area contributed by atoms with Crippen molar-refractivity contribution >= 4 is 11.6 Å². The highest BCUT2D eigenvalue weighted by Gasteiger charge is 2.33. The second kappa shape index (κ2) is 10.1. The predicted molar refractivity (Wildman–Crippen MR) is 89.4 cm³/mol. The lowest BCUT2D eigenvalue weighted by atomic mass is 10.1. The molecular formula is C18H16F4N2O3. The third-order valence-electron chi connectivity index (χ3n) is 3.00. The molecule has 2 aromatic rings. The molecule has 2 aromatic carbocycles. The van der Waals surface area contributed by atoms with Gasteiger partial charge in [0.05, 0.1) is 23.8 Å². The van der Waals surface area contributed by atoms with Crippen LogP contribution in [0.2, 0.25) is 0 Å². The molecular weight excluding hydrogens is 368 g/mol. The summed E-state index contributed by atoms with van der Waals surface area (Å²) in [6, 6.07) is 10.1. The SMILES string of the molecule is CCOc1ccc(F)cc1.N#Cc1ccc(NC(=O)CO)cc1C(F)(F)F. The smallest absolute Gasteiger partial charge is 0.417 e. The van der Waals surface area contributed by atoms with Gasteiger partial charge in [-0.2, -0.15) is 18.4 Å². The Balaban J connectivity index is 0.000000309. The topological polar surface area (TPSA) is 82.3 Å². The van der Waals surface area contributed by atoms with Crippen LogP contribution in [0, 0.1) is 17.1 Å². The summed E-state index contributed by atoms with van der Waals surface area (Å²) in [7, 11) is 0. The zero-order valence-corrected chi connectivity index (χ0v) is 14.2. The Morgan fingerprint density at radius 3 is 2.33 bits per heavy atom. The number of ether oxygens (including phenoxy) is 1. The van der Waals surface area contributed by atoms with Gasteiger partial charge in [0, 0.05) is 5.69 Å². The molecule has 2 N–H and O–H groups in total. The number of nitrogens with one attached hydrogen (secondary N) is 1. The molecule has 0 saturated carbocycles. The molecule has 0 aliphatic carbocycles. The number of rotatable bonds is 4. The van der Waals surface area contributed by atoms with Gasteiger partial charge in [-0.1, -0.05) is 0 Å². The predicted octanol–water partition coefficient (Wildman–Crippen LogP) is 3.73. The maximum absolute atomic E-state index is 12.5. The summed E-state index contributed by atoms with van der Waals surface area (Å²) in [5, 5.41) is 19.0. The number of hydrogen-bond donors (Lipinski definition) is 2. The van der Waals surface area contributed by atoms with Gasteiger partial charge in [0.1, 0.15) is 18.2 Å². The Hall–Kier alpha value is -3.12. The summed E-state index contributed by atoms with van der Waals surface area (Å²) >= 11 is 0. The Morgan fingerprint density at radius 2 is 1.85 bits per heavy atom. The van der Waals surface area contributed by atoms with Gasteiger partial charge in [-0.15, -0.1) is 0 Å². The second-order valence-electron chi connectivity index (χ2n) is 4.96. The minimum Gasteiger partial charge on any atom is -0.494 e. The number of carbonyl (C=O) groups excluding carboxylic acids is 1. The molecule has 0 unspecified atom stereocenters. The van der Waals surface area contributed by atoms with Gasteiger partial charge in [-0.05, 0) is 49.4 Å². The Labute approximate surface area is 152 Å². The van der Waals surface area contributed by atoms with Crippen molar-refractivity contribution in [3.05, 3.63) is 59.4 Å². The summed E-state index contributed by atoms with van der Waals surface area (Å²) in [5.41, 5.74) is -1.79. The highest BCUT2D eigenvalue weighted by molar-refractivity contribution is 5.91. The number of hydrogen-bond acceptors (Lipinski definition) is 4. The van der Waals surface area contributed by atoms with Crippen LogP contribution in [0.4, 0.5) is 23.2 Å². The molecule has 0 aliphatic heterocycles. The molecule has 0 fully saturated rings. The van der Waals surface area contributed by atoms with E-state index in [0.29, 0.717) is 18.4 Å². The number of nitriles is 1. The van der Waals surface area contributed by atoms with E-state index in [0.717, 1.165) is 12.1 Å². The lowest BCUT2D eigenvalue weighted by Gasteiger charge is -2.11. The average Bonchev–Trinajstić information content (AvgIpc) is 2.63. The molecule has 1 amide bonds. The maximum Gasteiger partial charge on any atom is 0.417 e. The minimum atomic E-state index is -4.68. The molecule has 0 bridgehead atoms. The summed E-state index contributed by atoms with van der Waals surface area (Å²) in [6.45, 7) is 1.68. The van der Waals surface area contributed by atoms with Crippen molar-refractivity contribution in [2.24, 2.45) is 0 Å². The summed E-state index contributed by atoms with van der Waals surface area (Å²) < 4.78 is 54.9. The Morgan fingerprint density at radius 1 is 1.22 bits per heavy atom. The molecule has 9 heteroatoms. The second-order valence-corrected chi connectivity index (χ2v) is 4.96. The third-order valence-corrected chi connectivity index (χ3v) is 3.00. The normalized spacial score (nSPS) is 10.3. The van der Waals surface area contributed by atoms with Crippen LogP contribution in [0.3, 0.4) is 0 Å². The van der Waals surface area contributed by atoms with E-state index in [1.807, 2.05) is 6.92 Å². The number of nitrogens with zero attached hydrogens (tertiary/aromatic N) is 1. The van der Waals surface area contributed by atoms with Gasteiger partial charge in [0.25, 0.3) is 0 Å². The van der Waals surface area contributed by atoms with Crippen LogP contribution in [0.25, 0.3) is 0 Å². The van der Waals surface area contributed by atoms with E-state index >= 15 is 0 Å². The molecule has 5 nitrogen and oxygen atoms in total. The van der Waals surface area contributed by atoms with E-state index in [-0.39, 0.29) is 11.5 Å².